The summed E-state index contributed by atoms with van der Waals surface area (Å²) in [5.41, 5.74) is 0. The molecule has 1 N–H and O–H groups in total. The first-order valence-corrected chi connectivity index (χ1v) is 8.63. The van der Waals surface area contributed by atoms with Gasteiger partial charge in [0.15, 0.2) is 0 Å². The molecule has 114 valence electrons. The van der Waals surface area contributed by atoms with E-state index in [-0.39, 0.29) is 30.3 Å². The van der Waals surface area contributed by atoms with Gasteiger partial charge >= 0.3 is 0 Å². The lowest BCUT2D eigenvalue weighted by Crippen LogP contribution is -2.43. The average molecular weight is 327 g/mol. The number of amides is 2. The third-order valence-electron chi connectivity index (χ3n) is 4.34. The van der Waals surface area contributed by atoms with Gasteiger partial charge in [-0.25, -0.2) is 0 Å². The standard InChI is InChI=1S/C15H19ClN2O2S/c1-9(12-6-7-13(16)21-12)17-11-8-14(19)18(15(11)20)10-4-2-3-5-10/h6-7,9-11,17H,2-5,8H2,1H3. The highest BCUT2D eigenvalue weighted by Crippen LogP contribution is 2.30. The molecule has 1 aromatic heterocycles. The van der Waals surface area contributed by atoms with Crippen LogP contribution in [0.5, 0.6) is 0 Å². The van der Waals surface area contributed by atoms with E-state index in [0.29, 0.717) is 0 Å². The molecule has 1 aromatic rings. The Hall–Kier alpha value is -0.910. The predicted molar refractivity (Wildman–Crippen MR) is 83.4 cm³/mol. The van der Waals surface area contributed by atoms with Crippen LogP contribution >= 0.6 is 22.9 Å². The van der Waals surface area contributed by atoms with Crippen LogP contribution in [0, 0.1) is 0 Å². The molecule has 0 bridgehead atoms. The highest BCUT2D eigenvalue weighted by molar-refractivity contribution is 7.16. The summed E-state index contributed by atoms with van der Waals surface area (Å²) < 4.78 is 0.736. The maximum atomic E-state index is 12.5. The third kappa shape index (κ3) is 3.00. The Bertz CT molecular complexity index is 554. The van der Waals surface area contributed by atoms with Gasteiger partial charge in [-0.15, -0.1) is 11.3 Å². The molecule has 6 heteroatoms. The molecule has 1 aliphatic heterocycles. The first-order chi connectivity index (χ1) is 10.1. The van der Waals surface area contributed by atoms with E-state index in [4.69, 9.17) is 11.6 Å². The Morgan fingerprint density at radius 1 is 1.33 bits per heavy atom. The second-order valence-electron chi connectivity index (χ2n) is 5.83. The average Bonchev–Trinajstić information content (AvgIpc) is 3.13. The van der Waals surface area contributed by atoms with E-state index in [0.717, 1.165) is 34.9 Å². The van der Waals surface area contributed by atoms with Crippen LogP contribution in [0.2, 0.25) is 4.34 Å². The molecule has 21 heavy (non-hydrogen) atoms. The summed E-state index contributed by atoms with van der Waals surface area (Å²) in [6.07, 6.45) is 4.42. The van der Waals surface area contributed by atoms with Crippen molar-refractivity contribution in [1.29, 1.82) is 0 Å². The smallest absolute Gasteiger partial charge is 0.247 e. The molecule has 2 amide bonds. The van der Waals surface area contributed by atoms with E-state index in [1.165, 1.54) is 16.2 Å². The van der Waals surface area contributed by atoms with E-state index in [2.05, 4.69) is 5.32 Å². The summed E-state index contributed by atoms with van der Waals surface area (Å²) >= 11 is 7.44. The lowest BCUT2D eigenvalue weighted by molar-refractivity contribution is -0.141. The van der Waals surface area contributed by atoms with Gasteiger partial charge in [-0.05, 0) is 31.9 Å². The molecule has 2 aliphatic rings. The zero-order valence-corrected chi connectivity index (χ0v) is 13.5. The number of halogens is 1. The molecular weight excluding hydrogens is 308 g/mol. The molecule has 3 rings (SSSR count). The van der Waals surface area contributed by atoms with Crippen molar-refractivity contribution in [1.82, 2.24) is 10.2 Å². The summed E-state index contributed by atoms with van der Waals surface area (Å²) in [6, 6.07) is 3.57. The molecule has 2 atom stereocenters. The van der Waals surface area contributed by atoms with Crippen LogP contribution in [0.25, 0.3) is 0 Å². The van der Waals surface area contributed by atoms with E-state index in [1.54, 1.807) is 0 Å². The molecule has 1 saturated carbocycles. The fourth-order valence-corrected chi connectivity index (χ4v) is 4.34. The predicted octanol–water partition coefficient (Wildman–Crippen LogP) is 3.12. The van der Waals surface area contributed by atoms with E-state index >= 15 is 0 Å². The second-order valence-corrected chi connectivity index (χ2v) is 7.57. The summed E-state index contributed by atoms with van der Waals surface area (Å²) in [5.74, 6) is -0.0813. The maximum Gasteiger partial charge on any atom is 0.247 e. The van der Waals surface area contributed by atoms with Crippen molar-refractivity contribution in [2.45, 2.75) is 57.2 Å². The van der Waals surface area contributed by atoms with Crippen molar-refractivity contribution in [3.8, 4) is 0 Å². The first-order valence-electron chi connectivity index (χ1n) is 7.43. The highest BCUT2D eigenvalue weighted by Gasteiger charge is 2.43. The van der Waals surface area contributed by atoms with Crippen LogP contribution in [0.4, 0.5) is 0 Å². The number of thiophene rings is 1. The zero-order valence-electron chi connectivity index (χ0n) is 12.0. The normalized spacial score (nSPS) is 25.0. The van der Waals surface area contributed by atoms with Crippen LogP contribution in [0.3, 0.4) is 0 Å². The molecule has 2 fully saturated rings. The van der Waals surface area contributed by atoms with Crippen LogP contribution in [-0.2, 0) is 9.59 Å². The van der Waals surface area contributed by atoms with Gasteiger partial charge in [0.25, 0.3) is 0 Å². The molecule has 2 unspecified atom stereocenters. The Labute approximate surface area is 133 Å². The monoisotopic (exact) mass is 326 g/mol. The molecule has 0 radical (unpaired) electrons. The maximum absolute atomic E-state index is 12.5. The number of hydrogen-bond acceptors (Lipinski definition) is 4. The van der Waals surface area contributed by atoms with Crippen molar-refractivity contribution < 1.29 is 9.59 Å². The van der Waals surface area contributed by atoms with Crippen molar-refractivity contribution in [3.63, 3.8) is 0 Å². The Balaban J connectivity index is 1.66. The Morgan fingerprint density at radius 2 is 2.05 bits per heavy atom. The molecular formula is C15H19ClN2O2S. The van der Waals surface area contributed by atoms with Gasteiger partial charge in [-0.1, -0.05) is 24.4 Å². The summed E-state index contributed by atoms with van der Waals surface area (Å²) in [4.78, 5) is 27.2. The molecule has 0 aromatic carbocycles. The molecule has 4 nitrogen and oxygen atoms in total. The van der Waals surface area contributed by atoms with Gasteiger partial charge in [0.2, 0.25) is 11.8 Å². The highest BCUT2D eigenvalue weighted by atomic mass is 35.5. The fourth-order valence-electron chi connectivity index (χ4n) is 3.27. The number of hydrogen-bond donors (Lipinski definition) is 1. The lowest BCUT2D eigenvalue weighted by Gasteiger charge is -2.23. The number of nitrogens with one attached hydrogen (secondary N) is 1. The minimum absolute atomic E-state index is 0.0211. The second kappa shape index (κ2) is 6.07. The largest absolute Gasteiger partial charge is 0.298 e. The number of imide groups is 1. The topological polar surface area (TPSA) is 49.4 Å². The lowest BCUT2D eigenvalue weighted by atomic mass is 10.2. The molecule has 0 spiro atoms. The van der Waals surface area contributed by atoms with E-state index in [1.807, 2.05) is 19.1 Å². The van der Waals surface area contributed by atoms with Gasteiger partial charge in [-0.3, -0.25) is 19.8 Å². The number of rotatable bonds is 4. The van der Waals surface area contributed by atoms with Gasteiger partial charge in [0.1, 0.15) is 0 Å². The van der Waals surface area contributed by atoms with Crippen molar-refractivity contribution in [2.24, 2.45) is 0 Å². The van der Waals surface area contributed by atoms with Crippen LogP contribution in [0.1, 0.15) is 49.9 Å². The van der Waals surface area contributed by atoms with E-state index < -0.39 is 6.04 Å². The quantitative estimate of drug-likeness (QED) is 0.865. The fraction of sp³-hybridized carbons (Fsp3) is 0.600. The van der Waals surface area contributed by atoms with Crippen LogP contribution < -0.4 is 5.32 Å². The SMILES string of the molecule is CC(NC1CC(=O)N(C2CCCC2)C1=O)c1ccc(Cl)s1. The third-order valence-corrected chi connectivity index (χ3v) is 5.76. The zero-order chi connectivity index (χ0) is 15.0. The number of carbonyl (C=O) groups is 2. The van der Waals surface area contributed by atoms with Crippen LogP contribution in [-0.4, -0.2) is 28.8 Å². The van der Waals surface area contributed by atoms with Crippen LogP contribution in [0.15, 0.2) is 12.1 Å². The first kappa shape index (κ1) is 15.0. The minimum Gasteiger partial charge on any atom is -0.298 e. The Kier molecular flexibility index (Phi) is 4.33. The van der Waals surface area contributed by atoms with Crippen molar-refractivity contribution in [2.75, 3.05) is 0 Å². The number of nitrogens with zero attached hydrogens (tertiary/aromatic N) is 1. The van der Waals surface area contributed by atoms with Crippen molar-refractivity contribution >= 4 is 34.8 Å². The molecule has 1 saturated heterocycles. The number of likely N-dealkylation sites (tertiary alicyclic amines) is 1. The summed E-state index contributed by atoms with van der Waals surface area (Å²) in [6.45, 7) is 2.00. The van der Waals surface area contributed by atoms with Gasteiger partial charge in [0, 0.05) is 17.0 Å². The molecule has 1 aliphatic carbocycles. The Morgan fingerprint density at radius 3 is 2.67 bits per heavy atom. The summed E-state index contributed by atoms with van der Waals surface area (Å²) in [7, 11) is 0. The number of carbonyl (C=O) groups excluding carboxylic acids is 2. The minimum atomic E-state index is -0.394. The van der Waals surface area contributed by atoms with Gasteiger partial charge in [-0.2, -0.15) is 0 Å². The van der Waals surface area contributed by atoms with Gasteiger partial charge < -0.3 is 0 Å². The van der Waals surface area contributed by atoms with Crippen molar-refractivity contribution in [3.05, 3.63) is 21.3 Å². The van der Waals surface area contributed by atoms with Gasteiger partial charge in [0.05, 0.1) is 16.8 Å². The summed E-state index contributed by atoms with van der Waals surface area (Å²) in [5, 5.41) is 3.28. The molecule has 2 heterocycles. The van der Waals surface area contributed by atoms with E-state index in [9.17, 15) is 9.59 Å².